The first-order chi connectivity index (χ1) is 12.3. The minimum Gasteiger partial charge on any atom is -0.508 e. The minimum absolute atomic E-state index is 0.0856. The third-order valence-corrected chi connectivity index (χ3v) is 4.32. The maximum atomic E-state index is 13.8. The number of likely N-dealkylation sites (tertiary alicyclic amines) is 1. The van der Waals surface area contributed by atoms with Gasteiger partial charge in [0.05, 0.1) is 5.69 Å². The van der Waals surface area contributed by atoms with Crippen LogP contribution in [0, 0.1) is 23.4 Å². The molecule has 2 aromatic rings. The Morgan fingerprint density at radius 1 is 1.15 bits per heavy atom. The van der Waals surface area contributed by atoms with Crippen molar-refractivity contribution < 1.29 is 27.9 Å². The molecule has 2 aromatic carbocycles. The zero-order valence-corrected chi connectivity index (χ0v) is 13.7. The summed E-state index contributed by atoms with van der Waals surface area (Å²) in [5, 5.41) is 11.7. The molecule has 0 unspecified atom stereocenters. The van der Waals surface area contributed by atoms with Gasteiger partial charge in [-0.05, 0) is 29.8 Å². The van der Waals surface area contributed by atoms with Crippen LogP contribution in [0.3, 0.4) is 0 Å². The summed E-state index contributed by atoms with van der Waals surface area (Å²) in [6, 6.07) is 5.91. The van der Waals surface area contributed by atoms with E-state index in [1.165, 1.54) is 11.9 Å². The van der Waals surface area contributed by atoms with Crippen LogP contribution < -0.4 is 5.32 Å². The molecule has 3 rings (SSSR count). The maximum absolute atomic E-state index is 13.8. The fourth-order valence-corrected chi connectivity index (χ4v) is 3.10. The lowest BCUT2D eigenvalue weighted by Crippen LogP contribution is -2.33. The molecular formula is C18H15F3N2O3. The van der Waals surface area contributed by atoms with Gasteiger partial charge in [-0.25, -0.2) is 13.2 Å². The van der Waals surface area contributed by atoms with Crippen molar-refractivity contribution in [2.45, 2.75) is 5.92 Å². The number of likely N-dealkylation sites (N-methyl/N-ethyl adjacent to an activating group) is 1. The van der Waals surface area contributed by atoms with Gasteiger partial charge in [0.2, 0.25) is 11.8 Å². The summed E-state index contributed by atoms with van der Waals surface area (Å²) in [6.45, 7) is 0.0856. The van der Waals surface area contributed by atoms with Crippen molar-refractivity contribution in [2.75, 3.05) is 18.9 Å². The maximum Gasteiger partial charge on any atom is 0.237 e. The molecule has 1 aliphatic heterocycles. The van der Waals surface area contributed by atoms with E-state index >= 15 is 0 Å². The smallest absolute Gasteiger partial charge is 0.237 e. The summed E-state index contributed by atoms with van der Waals surface area (Å²) in [6.07, 6.45) is 0. The van der Waals surface area contributed by atoms with E-state index in [-0.39, 0.29) is 23.5 Å². The molecule has 0 saturated carbocycles. The molecule has 0 spiro atoms. The van der Waals surface area contributed by atoms with Crippen LogP contribution in [0.2, 0.25) is 0 Å². The average molecular weight is 364 g/mol. The Morgan fingerprint density at radius 2 is 1.81 bits per heavy atom. The number of carbonyl (C=O) groups excluding carboxylic acids is 2. The van der Waals surface area contributed by atoms with Crippen LogP contribution in [-0.2, 0) is 9.59 Å². The fourth-order valence-electron chi connectivity index (χ4n) is 3.10. The lowest BCUT2D eigenvalue weighted by molar-refractivity contribution is -0.135. The lowest BCUT2D eigenvalue weighted by atomic mass is 9.87. The molecule has 0 bridgehead atoms. The van der Waals surface area contributed by atoms with Crippen molar-refractivity contribution in [2.24, 2.45) is 5.92 Å². The van der Waals surface area contributed by atoms with E-state index in [0.29, 0.717) is 6.07 Å². The lowest BCUT2D eigenvalue weighted by Gasteiger charge is -2.17. The van der Waals surface area contributed by atoms with E-state index in [9.17, 15) is 27.9 Å². The molecule has 1 aliphatic rings. The first kappa shape index (κ1) is 17.8. The molecule has 0 aromatic heterocycles. The third kappa shape index (κ3) is 3.35. The Balaban J connectivity index is 1.93. The number of hydrogen-bond donors (Lipinski definition) is 2. The van der Waals surface area contributed by atoms with E-state index in [2.05, 4.69) is 5.32 Å². The third-order valence-electron chi connectivity index (χ3n) is 4.32. The van der Waals surface area contributed by atoms with Gasteiger partial charge in [0.15, 0.2) is 0 Å². The molecule has 2 N–H and O–H groups in total. The highest BCUT2D eigenvalue weighted by Crippen LogP contribution is 2.35. The number of aromatic hydroxyl groups is 1. The second-order valence-electron chi connectivity index (χ2n) is 6.16. The molecule has 136 valence electrons. The highest BCUT2D eigenvalue weighted by atomic mass is 19.1. The summed E-state index contributed by atoms with van der Waals surface area (Å²) in [5.41, 5.74) is -0.127. The first-order valence-electron chi connectivity index (χ1n) is 7.76. The molecule has 0 aliphatic carbocycles. The highest BCUT2D eigenvalue weighted by Gasteiger charge is 2.44. The predicted molar refractivity (Wildman–Crippen MR) is 86.9 cm³/mol. The number of rotatable bonds is 3. The summed E-state index contributed by atoms with van der Waals surface area (Å²) >= 11 is 0. The number of phenols is 1. The van der Waals surface area contributed by atoms with E-state index in [4.69, 9.17) is 0 Å². The van der Waals surface area contributed by atoms with E-state index < -0.39 is 41.1 Å². The normalized spacial score (nSPS) is 19.7. The Morgan fingerprint density at radius 3 is 2.46 bits per heavy atom. The van der Waals surface area contributed by atoms with Crippen molar-refractivity contribution in [1.29, 1.82) is 0 Å². The van der Waals surface area contributed by atoms with Crippen LogP contribution in [0.4, 0.5) is 18.9 Å². The highest BCUT2D eigenvalue weighted by molar-refractivity contribution is 6.08. The number of anilines is 1. The van der Waals surface area contributed by atoms with Gasteiger partial charge in [-0.15, -0.1) is 0 Å². The zero-order valence-electron chi connectivity index (χ0n) is 13.7. The molecule has 2 atom stereocenters. The van der Waals surface area contributed by atoms with Crippen molar-refractivity contribution in [3.63, 3.8) is 0 Å². The Hall–Kier alpha value is -3.03. The zero-order chi connectivity index (χ0) is 19.0. The van der Waals surface area contributed by atoms with E-state index in [1.54, 1.807) is 0 Å². The minimum atomic E-state index is -1.28. The molecule has 1 saturated heterocycles. The average Bonchev–Trinajstić information content (AvgIpc) is 2.85. The number of amides is 2. The number of halogens is 3. The Kier molecular flexibility index (Phi) is 4.58. The van der Waals surface area contributed by atoms with Crippen molar-refractivity contribution in [1.82, 2.24) is 4.90 Å². The van der Waals surface area contributed by atoms with Crippen molar-refractivity contribution >= 4 is 17.5 Å². The monoisotopic (exact) mass is 364 g/mol. The van der Waals surface area contributed by atoms with Crippen molar-refractivity contribution in [3.05, 3.63) is 59.4 Å². The number of benzene rings is 2. The van der Waals surface area contributed by atoms with Crippen LogP contribution in [0.25, 0.3) is 0 Å². The SMILES string of the molecule is CN1C[C@H](c2cc(F)cc(F)c2)[C@@H](C(=O)Nc2cc(O)ccc2F)C1=O. The van der Waals surface area contributed by atoms with Gasteiger partial charge in [-0.1, -0.05) is 0 Å². The van der Waals surface area contributed by atoms with E-state index in [0.717, 1.165) is 30.3 Å². The fraction of sp³-hybridized carbons (Fsp3) is 0.222. The number of nitrogens with one attached hydrogen (secondary N) is 1. The Labute approximate surface area is 147 Å². The number of hydrogen-bond acceptors (Lipinski definition) is 3. The number of phenolic OH excluding ortho intramolecular Hbond substituents is 1. The quantitative estimate of drug-likeness (QED) is 0.823. The van der Waals surface area contributed by atoms with Gasteiger partial charge in [0.25, 0.3) is 0 Å². The van der Waals surface area contributed by atoms with Gasteiger partial charge in [0.1, 0.15) is 29.1 Å². The summed E-state index contributed by atoms with van der Waals surface area (Å²) in [4.78, 5) is 26.2. The van der Waals surface area contributed by atoms with Gasteiger partial charge >= 0.3 is 0 Å². The van der Waals surface area contributed by atoms with Gasteiger partial charge < -0.3 is 15.3 Å². The summed E-state index contributed by atoms with van der Waals surface area (Å²) in [5.74, 6) is -6.12. The molecule has 5 nitrogen and oxygen atoms in total. The first-order valence-corrected chi connectivity index (χ1v) is 7.76. The molecule has 0 radical (unpaired) electrons. The topological polar surface area (TPSA) is 69.6 Å². The molecule has 2 amide bonds. The summed E-state index contributed by atoms with van der Waals surface area (Å²) < 4.78 is 40.9. The van der Waals surface area contributed by atoms with Crippen LogP contribution in [0.5, 0.6) is 5.75 Å². The van der Waals surface area contributed by atoms with Crippen LogP contribution >= 0.6 is 0 Å². The second-order valence-corrected chi connectivity index (χ2v) is 6.16. The Bertz CT molecular complexity index is 868. The van der Waals surface area contributed by atoms with Gasteiger partial charge in [0, 0.05) is 31.6 Å². The van der Waals surface area contributed by atoms with Crippen LogP contribution in [-0.4, -0.2) is 35.4 Å². The number of carbonyl (C=O) groups is 2. The molecular weight excluding hydrogens is 349 g/mol. The summed E-state index contributed by atoms with van der Waals surface area (Å²) in [7, 11) is 1.47. The van der Waals surface area contributed by atoms with Crippen molar-refractivity contribution in [3.8, 4) is 5.75 Å². The molecule has 26 heavy (non-hydrogen) atoms. The largest absolute Gasteiger partial charge is 0.508 e. The molecule has 1 heterocycles. The van der Waals surface area contributed by atoms with Crippen LogP contribution in [0.1, 0.15) is 11.5 Å². The molecule has 1 fully saturated rings. The predicted octanol–water partition coefficient (Wildman–Crippen LogP) is 2.62. The second kappa shape index (κ2) is 6.70. The van der Waals surface area contributed by atoms with Gasteiger partial charge in [-0.3, -0.25) is 9.59 Å². The van der Waals surface area contributed by atoms with E-state index in [1.807, 2.05) is 0 Å². The number of nitrogens with zero attached hydrogens (tertiary/aromatic N) is 1. The van der Waals surface area contributed by atoms with Gasteiger partial charge in [-0.2, -0.15) is 0 Å². The molecule has 8 heteroatoms. The van der Waals surface area contributed by atoms with Crippen LogP contribution in [0.15, 0.2) is 36.4 Å². The standard InChI is InChI=1S/C18H15F3N2O3/c1-23-8-13(9-4-10(19)6-11(20)5-9)16(18(23)26)17(25)22-15-7-12(24)2-3-14(15)21/h2-7,13,16,24H,8H2,1H3,(H,22,25)/t13-,16+/m1/s1.